The van der Waals surface area contributed by atoms with E-state index in [0.29, 0.717) is 24.2 Å². The molecule has 2 aromatic carbocycles. The molecule has 1 unspecified atom stereocenters. The maximum Gasteiger partial charge on any atom is 0.261 e. The number of hydrogen-bond acceptors (Lipinski definition) is 5. The van der Waals surface area contributed by atoms with Crippen LogP contribution < -0.4 is 5.32 Å². The number of nitrogens with one attached hydrogen (secondary N) is 1. The topological polar surface area (TPSA) is 104 Å². The molecular weight excluding hydrogens is 430 g/mol. The maximum atomic E-state index is 13.4. The summed E-state index contributed by atoms with van der Waals surface area (Å²) in [7, 11) is -4.22. The molecule has 170 valence electrons. The van der Waals surface area contributed by atoms with Crippen LogP contribution >= 0.6 is 0 Å². The number of hydrogen-bond donors (Lipinski definition) is 1. The van der Waals surface area contributed by atoms with Crippen molar-refractivity contribution < 1.29 is 22.8 Å². The minimum absolute atomic E-state index is 0.0473. The van der Waals surface area contributed by atoms with E-state index in [1.807, 2.05) is 6.92 Å². The molecule has 1 fully saturated rings. The molecule has 9 heteroatoms. The Bertz CT molecular complexity index is 1120. The fourth-order valence-electron chi connectivity index (χ4n) is 3.57. The molecule has 3 rings (SSSR count). The number of piperazine rings is 1. The van der Waals surface area contributed by atoms with Gasteiger partial charge in [0.25, 0.3) is 11.8 Å². The zero-order chi connectivity index (χ0) is 23.5. The van der Waals surface area contributed by atoms with Crippen molar-refractivity contribution in [1.82, 2.24) is 15.1 Å². The molecule has 2 aromatic rings. The number of carbonyl (C=O) groups excluding carboxylic acids is 3. The quantitative estimate of drug-likeness (QED) is 0.733. The van der Waals surface area contributed by atoms with Crippen LogP contribution in [0, 0.1) is 13.8 Å². The summed E-state index contributed by atoms with van der Waals surface area (Å²) in [6.07, 6.45) is 0. The molecule has 0 saturated carbocycles. The van der Waals surface area contributed by atoms with Crippen molar-refractivity contribution in [2.24, 2.45) is 0 Å². The van der Waals surface area contributed by atoms with Crippen LogP contribution in [0.15, 0.2) is 53.4 Å². The van der Waals surface area contributed by atoms with Crippen LogP contribution in [0.5, 0.6) is 0 Å². The number of aryl methyl sites for hydroxylation is 2. The highest BCUT2D eigenvalue weighted by Crippen LogP contribution is 2.19. The zero-order valence-corrected chi connectivity index (χ0v) is 19.2. The summed E-state index contributed by atoms with van der Waals surface area (Å²) in [5.74, 6) is -1.45. The largest absolute Gasteiger partial charge is 0.339 e. The van der Waals surface area contributed by atoms with E-state index in [9.17, 15) is 22.8 Å². The van der Waals surface area contributed by atoms with E-state index in [4.69, 9.17) is 0 Å². The van der Waals surface area contributed by atoms with Gasteiger partial charge in [-0.15, -0.1) is 0 Å². The normalized spacial score (nSPS) is 15.2. The number of amides is 3. The average Bonchev–Trinajstić information content (AvgIpc) is 2.77. The van der Waals surface area contributed by atoms with Crippen molar-refractivity contribution >= 4 is 27.6 Å². The van der Waals surface area contributed by atoms with E-state index in [0.717, 1.165) is 5.56 Å². The van der Waals surface area contributed by atoms with E-state index < -0.39 is 27.0 Å². The van der Waals surface area contributed by atoms with Crippen molar-refractivity contribution in [2.75, 3.05) is 26.2 Å². The monoisotopic (exact) mass is 457 g/mol. The number of benzene rings is 2. The van der Waals surface area contributed by atoms with Crippen molar-refractivity contribution in [3.63, 3.8) is 0 Å². The summed E-state index contributed by atoms with van der Waals surface area (Å²) in [4.78, 5) is 40.8. The molecule has 32 heavy (non-hydrogen) atoms. The Kier molecular flexibility index (Phi) is 6.98. The van der Waals surface area contributed by atoms with Crippen LogP contribution in [0.2, 0.25) is 0 Å². The number of carbonyl (C=O) groups is 3. The van der Waals surface area contributed by atoms with Gasteiger partial charge in [0, 0.05) is 38.7 Å². The summed E-state index contributed by atoms with van der Waals surface area (Å²) >= 11 is 0. The van der Waals surface area contributed by atoms with Gasteiger partial charge in [-0.2, -0.15) is 0 Å². The molecule has 1 aliphatic heterocycles. The third kappa shape index (κ3) is 4.99. The molecule has 0 bridgehead atoms. The van der Waals surface area contributed by atoms with Crippen molar-refractivity contribution in [1.29, 1.82) is 0 Å². The zero-order valence-electron chi connectivity index (χ0n) is 18.4. The third-order valence-electron chi connectivity index (χ3n) is 5.57. The van der Waals surface area contributed by atoms with Crippen LogP contribution in [0.25, 0.3) is 0 Å². The van der Waals surface area contributed by atoms with Crippen molar-refractivity contribution in [3.8, 4) is 0 Å². The highest BCUT2D eigenvalue weighted by molar-refractivity contribution is 7.92. The second-order valence-corrected chi connectivity index (χ2v) is 9.89. The van der Waals surface area contributed by atoms with Gasteiger partial charge in [-0.05, 0) is 37.6 Å². The lowest BCUT2D eigenvalue weighted by Crippen LogP contribution is -2.57. The highest BCUT2D eigenvalue weighted by Gasteiger charge is 2.39. The first-order valence-corrected chi connectivity index (χ1v) is 11.9. The Morgan fingerprint density at radius 1 is 0.875 bits per heavy atom. The maximum absolute atomic E-state index is 13.4. The lowest BCUT2D eigenvalue weighted by Gasteiger charge is -2.36. The minimum Gasteiger partial charge on any atom is -0.339 e. The molecule has 0 radical (unpaired) electrons. The fourth-order valence-corrected chi connectivity index (χ4v) is 5.03. The molecule has 8 nitrogen and oxygen atoms in total. The average molecular weight is 458 g/mol. The van der Waals surface area contributed by atoms with Gasteiger partial charge in [0.15, 0.2) is 0 Å². The first kappa shape index (κ1) is 23.5. The van der Waals surface area contributed by atoms with Gasteiger partial charge >= 0.3 is 0 Å². The lowest BCUT2D eigenvalue weighted by molar-refractivity contribution is -0.138. The highest BCUT2D eigenvalue weighted by atomic mass is 32.2. The number of nitrogens with zero attached hydrogens (tertiary/aromatic N) is 2. The summed E-state index contributed by atoms with van der Waals surface area (Å²) in [5, 5.41) is 0.683. The SMILES string of the molecule is CC(=O)N1CCN(C(=O)C(NC(=O)c2ccccc2C)S(=O)(=O)c2ccc(C)cc2)CC1. The summed E-state index contributed by atoms with van der Waals surface area (Å²) in [5.41, 5.74) is 1.83. The summed E-state index contributed by atoms with van der Waals surface area (Å²) in [6, 6.07) is 12.9. The summed E-state index contributed by atoms with van der Waals surface area (Å²) < 4.78 is 26.9. The molecule has 1 aliphatic rings. The van der Waals surface area contributed by atoms with E-state index >= 15 is 0 Å². The van der Waals surface area contributed by atoms with Crippen LogP contribution in [0.3, 0.4) is 0 Å². The van der Waals surface area contributed by atoms with Gasteiger partial charge < -0.3 is 15.1 Å². The van der Waals surface area contributed by atoms with E-state index in [-0.39, 0.29) is 23.9 Å². The second kappa shape index (κ2) is 9.52. The van der Waals surface area contributed by atoms with Crippen LogP contribution in [0.1, 0.15) is 28.4 Å². The van der Waals surface area contributed by atoms with Gasteiger partial charge in [0.05, 0.1) is 4.90 Å². The first-order chi connectivity index (χ1) is 15.1. The predicted molar refractivity (Wildman–Crippen MR) is 120 cm³/mol. The molecule has 0 aliphatic carbocycles. The van der Waals surface area contributed by atoms with Gasteiger partial charge in [-0.1, -0.05) is 35.9 Å². The summed E-state index contributed by atoms with van der Waals surface area (Å²) in [6.45, 7) is 6.02. The first-order valence-electron chi connectivity index (χ1n) is 10.3. The molecule has 1 N–H and O–H groups in total. The molecule has 1 atom stereocenters. The van der Waals surface area contributed by atoms with Gasteiger partial charge in [0.1, 0.15) is 0 Å². The number of rotatable bonds is 5. The van der Waals surface area contributed by atoms with Crippen LogP contribution in [-0.2, 0) is 19.4 Å². The van der Waals surface area contributed by atoms with Crippen molar-refractivity contribution in [3.05, 3.63) is 65.2 Å². The molecule has 1 heterocycles. The molecule has 0 aromatic heterocycles. The fraction of sp³-hybridized carbons (Fsp3) is 0.348. The molecule has 1 saturated heterocycles. The van der Waals surface area contributed by atoms with Crippen LogP contribution in [-0.4, -0.2) is 67.5 Å². The Labute approximate surface area is 188 Å². The molecular formula is C23H27N3O5S. The second-order valence-electron chi connectivity index (χ2n) is 7.86. The van der Waals surface area contributed by atoms with Crippen molar-refractivity contribution in [2.45, 2.75) is 31.0 Å². The Hall–Kier alpha value is -3.20. The van der Waals surface area contributed by atoms with Gasteiger partial charge in [-0.3, -0.25) is 14.4 Å². The van der Waals surface area contributed by atoms with E-state index in [1.54, 1.807) is 48.2 Å². The molecule has 0 spiro atoms. The lowest BCUT2D eigenvalue weighted by atomic mass is 10.1. The Morgan fingerprint density at radius 2 is 1.44 bits per heavy atom. The minimum atomic E-state index is -4.22. The Morgan fingerprint density at radius 3 is 2.00 bits per heavy atom. The molecule has 3 amide bonds. The van der Waals surface area contributed by atoms with E-state index in [1.165, 1.54) is 24.0 Å². The standard InChI is InChI=1S/C23H27N3O5S/c1-16-8-10-19(11-9-16)32(30,31)22(24-21(28)20-7-5-4-6-17(20)2)23(29)26-14-12-25(13-15-26)18(3)27/h4-11,22H,12-15H2,1-3H3,(H,24,28). The van der Waals surface area contributed by atoms with Crippen LogP contribution in [0.4, 0.5) is 0 Å². The smallest absolute Gasteiger partial charge is 0.261 e. The van der Waals surface area contributed by atoms with E-state index in [2.05, 4.69) is 5.32 Å². The predicted octanol–water partition coefficient (Wildman–Crippen LogP) is 1.52. The van der Waals surface area contributed by atoms with Gasteiger partial charge in [0.2, 0.25) is 21.1 Å². The number of sulfone groups is 1. The third-order valence-corrected chi connectivity index (χ3v) is 7.44. The van der Waals surface area contributed by atoms with Gasteiger partial charge in [-0.25, -0.2) is 8.42 Å². The Balaban J connectivity index is 1.93.